The number of rotatable bonds is 5. The monoisotopic (exact) mass is 204 g/mol. The Morgan fingerprint density at radius 1 is 1.58 bits per heavy atom. The molecular weight excluding hydrogens is 188 g/mol. The summed E-state index contributed by atoms with van der Waals surface area (Å²) in [7, 11) is 0. The molecule has 0 amide bonds. The van der Waals surface area contributed by atoms with Crippen LogP contribution in [0, 0.1) is 0 Å². The average molecular weight is 204 g/mol. The molecule has 0 radical (unpaired) electrons. The second-order valence-electron chi connectivity index (χ2n) is 3.02. The Labute approximate surface area is 83.9 Å². The number of thiocarbonyl (C=S) groups is 1. The molecule has 0 aliphatic heterocycles. The summed E-state index contributed by atoms with van der Waals surface area (Å²) in [5.41, 5.74) is 0. The largest absolute Gasteiger partial charge is 0.363 e. The van der Waals surface area contributed by atoms with Crippen molar-refractivity contribution in [1.29, 1.82) is 0 Å². The van der Waals surface area contributed by atoms with E-state index in [1.807, 2.05) is 11.8 Å². The SMILES string of the molecule is CSCCCNC(=S)NC1CC1. The van der Waals surface area contributed by atoms with Crippen molar-refractivity contribution in [2.45, 2.75) is 25.3 Å². The minimum Gasteiger partial charge on any atom is -0.363 e. The van der Waals surface area contributed by atoms with Gasteiger partial charge in [-0.1, -0.05) is 0 Å². The summed E-state index contributed by atoms with van der Waals surface area (Å²) in [5, 5.41) is 7.27. The molecule has 12 heavy (non-hydrogen) atoms. The molecule has 4 heteroatoms. The molecule has 0 aromatic heterocycles. The summed E-state index contributed by atoms with van der Waals surface area (Å²) in [6.45, 7) is 0.999. The molecule has 0 heterocycles. The van der Waals surface area contributed by atoms with Crippen LogP contribution in [0.1, 0.15) is 19.3 Å². The molecule has 2 nitrogen and oxygen atoms in total. The second kappa shape index (κ2) is 5.65. The average Bonchev–Trinajstić information content (AvgIpc) is 2.82. The lowest BCUT2D eigenvalue weighted by molar-refractivity contribution is 0.802. The highest BCUT2D eigenvalue weighted by Gasteiger charge is 2.21. The smallest absolute Gasteiger partial charge is 0.166 e. The summed E-state index contributed by atoms with van der Waals surface area (Å²) in [6, 6.07) is 0.672. The standard InChI is InChI=1S/C8H16N2S2/c1-12-6-2-5-9-8(11)10-7-3-4-7/h7H,2-6H2,1H3,(H2,9,10,11). The lowest BCUT2D eigenvalue weighted by atomic mass is 10.5. The maximum absolute atomic E-state index is 5.09. The van der Waals surface area contributed by atoms with Crippen molar-refractivity contribution in [2.75, 3.05) is 18.6 Å². The molecule has 1 aliphatic carbocycles. The highest BCUT2D eigenvalue weighted by molar-refractivity contribution is 7.98. The Balaban J connectivity index is 1.87. The van der Waals surface area contributed by atoms with E-state index in [0.29, 0.717) is 6.04 Å². The van der Waals surface area contributed by atoms with Gasteiger partial charge in [0.25, 0.3) is 0 Å². The van der Waals surface area contributed by atoms with Gasteiger partial charge in [0.2, 0.25) is 0 Å². The van der Waals surface area contributed by atoms with E-state index in [4.69, 9.17) is 12.2 Å². The van der Waals surface area contributed by atoms with Crippen LogP contribution >= 0.6 is 24.0 Å². The van der Waals surface area contributed by atoms with Gasteiger partial charge in [-0.25, -0.2) is 0 Å². The van der Waals surface area contributed by atoms with Crippen LogP contribution in [0.5, 0.6) is 0 Å². The van der Waals surface area contributed by atoms with E-state index in [9.17, 15) is 0 Å². The molecule has 0 saturated heterocycles. The molecule has 0 unspecified atom stereocenters. The van der Waals surface area contributed by atoms with Crippen molar-refractivity contribution in [3.63, 3.8) is 0 Å². The van der Waals surface area contributed by atoms with Gasteiger partial charge in [0.15, 0.2) is 5.11 Å². The third-order valence-corrected chi connectivity index (χ3v) is 2.68. The van der Waals surface area contributed by atoms with Gasteiger partial charge in [0.1, 0.15) is 0 Å². The molecule has 0 aromatic carbocycles. The summed E-state index contributed by atoms with van der Waals surface area (Å²) < 4.78 is 0. The third kappa shape index (κ3) is 4.83. The first-order valence-corrected chi connectivity index (χ1v) is 6.16. The highest BCUT2D eigenvalue weighted by Crippen LogP contribution is 2.18. The highest BCUT2D eigenvalue weighted by atomic mass is 32.2. The summed E-state index contributed by atoms with van der Waals surface area (Å²) in [6.07, 6.45) is 5.88. The lowest BCUT2D eigenvalue weighted by Gasteiger charge is -2.08. The van der Waals surface area contributed by atoms with E-state index in [0.717, 1.165) is 11.7 Å². The molecule has 0 bridgehead atoms. The first-order chi connectivity index (χ1) is 5.83. The zero-order valence-corrected chi connectivity index (χ0v) is 9.06. The Morgan fingerprint density at radius 2 is 2.33 bits per heavy atom. The molecule has 1 saturated carbocycles. The zero-order valence-electron chi connectivity index (χ0n) is 7.43. The molecule has 0 atom stereocenters. The molecule has 0 aromatic rings. The van der Waals surface area contributed by atoms with Gasteiger partial charge >= 0.3 is 0 Å². The molecule has 70 valence electrons. The summed E-state index contributed by atoms with van der Waals surface area (Å²) >= 11 is 6.97. The fourth-order valence-electron chi connectivity index (χ4n) is 0.883. The molecule has 0 spiro atoms. The summed E-state index contributed by atoms with van der Waals surface area (Å²) in [4.78, 5) is 0. The molecule has 1 aliphatic rings. The molecule has 1 fully saturated rings. The zero-order chi connectivity index (χ0) is 8.81. The molecular formula is C8H16N2S2. The quantitative estimate of drug-likeness (QED) is 0.522. The van der Waals surface area contributed by atoms with Gasteiger partial charge in [-0.15, -0.1) is 0 Å². The predicted molar refractivity (Wildman–Crippen MR) is 59.8 cm³/mol. The Kier molecular flexibility index (Phi) is 4.76. The van der Waals surface area contributed by atoms with Crippen molar-refractivity contribution in [3.05, 3.63) is 0 Å². The van der Waals surface area contributed by atoms with Crippen LogP contribution in [0.3, 0.4) is 0 Å². The van der Waals surface area contributed by atoms with Crippen molar-refractivity contribution in [1.82, 2.24) is 10.6 Å². The van der Waals surface area contributed by atoms with E-state index in [1.165, 1.54) is 25.0 Å². The lowest BCUT2D eigenvalue weighted by Crippen LogP contribution is -2.37. The van der Waals surface area contributed by atoms with Crippen LogP contribution in [0.25, 0.3) is 0 Å². The van der Waals surface area contributed by atoms with Crippen LogP contribution in [-0.4, -0.2) is 29.7 Å². The third-order valence-electron chi connectivity index (χ3n) is 1.72. The van der Waals surface area contributed by atoms with Gasteiger partial charge < -0.3 is 10.6 Å². The topological polar surface area (TPSA) is 24.1 Å². The number of hydrogen-bond acceptors (Lipinski definition) is 2. The van der Waals surface area contributed by atoms with Gasteiger partial charge in [-0.2, -0.15) is 11.8 Å². The number of hydrogen-bond donors (Lipinski definition) is 2. The summed E-state index contributed by atoms with van der Waals surface area (Å²) in [5.74, 6) is 1.21. The van der Waals surface area contributed by atoms with Crippen LogP contribution in [0.4, 0.5) is 0 Å². The van der Waals surface area contributed by atoms with Gasteiger partial charge in [0.05, 0.1) is 0 Å². The van der Waals surface area contributed by atoms with Gasteiger partial charge in [-0.3, -0.25) is 0 Å². The van der Waals surface area contributed by atoms with Crippen molar-refractivity contribution < 1.29 is 0 Å². The minimum atomic E-state index is 0.672. The Hall–Kier alpha value is 0.0400. The number of thioether (sulfide) groups is 1. The Bertz CT molecular complexity index is 146. The molecule has 2 N–H and O–H groups in total. The van der Waals surface area contributed by atoms with Crippen molar-refractivity contribution in [2.24, 2.45) is 0 Å². The van der Waals surface area contributed by atoms with Gasteiger partial charge in [-0.05, 0) is 43.5 Å². The normalized spacial score (nSPS) is 15.8. The first-order valence-electron chi connectivity index (χ1n) is 4.36. The van der Waals surface area contributed by atoms with Crippen molar-refractivity contribution >= 4 is 29.1 Å². The van der Waals surface area contributed by atoms with Crippen LogP contribution in [0.2, 0.25) is 0 Å². The van der Waals surface area contributed by atoms with E-state index >= 15 is 0 Å². The molecule has 1 rings (SSSR count). The first kappa shape index (κ1) is 10.1. The second-order valence-corrected chi connectivity index (χ2v) is 4.41. The maximum Gasteiger partial charge on any atom is 0.166 e. The number of nitrogens with one attached hydrogen (secondary N) is 2. The fraction of sp³-hybridized carbons (Fsp3) is 0.875. The Morgan fingerprint density at radius 3 is 2.92 bits per heavy atom. The predicted octanol–water partition coefficient (Wildman–Crippen LogP) is 1.37. The van der Waals surface area contributed by atoms with E-state index < -0.39 is 0 Å². The van der Waals surface area contributed by atoms with E-state index in [-0.39, 0.29) is 0 Å². The van der Waals surface area contributed by atoms with Crippen molar-refractivity contribution in [3.8, 4) is 0 Å². The van der Waals surface area contributed by atoms with Crippen LogP contribution in [0.15, 0.2) is 0 Å². The van der Waals surface area contributed by atoms with E-state index in [2.05, 4.69) is 16.9 Å². The minimum absolute atomic E-state index is 0.672. The van der Waals surface area contributed by atoms with Gasteiger partial charge in [0, 0.05) is 12.6 Å². The van der Waals surface area contributed by atoms with E-state index in [1.54, 1.807) is 0 Å². The van der Waals surface area contributed by atoms with Crippen LogP contribution < -0.4 is 10.6 Å². The fourth-order valence-corrected chi connectivity index (χ4v) is 1.58. The van der Waals surface area contributed by atoms with Crippen LogP contribution in [-0.2, 0) is 0 Å². The maximum atomic E-state index is 5.09.